The third-order valence-electron chi connectivity index (χ3n) is 8.98. The number of carbonyl (C=O) groups excluding carboxylic acids is 2. The fourth-order valence-electron chi connectivity index (χ4n) is 6.25. The summed E-state index contributed by atoms with van der Waals surface area (Å²) in [6.45, 7) is 4.08. The van der Waals surface area contributed by atoms with Crippen LogP contribution >= 0.6 is 0 Å². The number of cyclic esters (lactones) is 1. The molecule has 0 aromatic carbocycles. The summed E-state index contributed by atoms with van der Waals surface area (Å²) >= 11 is 0. The number of unbranched alkanes of at least 4 members (excludes halogenated alkanes) is 11. The van der Waals surface area contributed by atoms with Crippen molar-refractivity contribution < 1.29 is 34.4 Å². The highest BCUT2D eigenvalue weighted by atomic mass is 16.5. The molecular formula is C35H62O7. The zero-order chi connectivity index (χ0) is 30.6. The monoisotopic (exact) mass is 594 g/mol. The summed E-state index contributed by atoms with van der Waals surface area (Å²) in [5.74, 6) is -0.0412. The third kappa shape index (κ3) is 16.0. The lowest BCUT2D eigenvalue weighted by Gasteiger charge is -2.22. The van der Waals surface area contributed by atoms with Gasteiger partial charge in [0.25, 0.3) is 0 Å². The maximum atomic E-state index is 12.2. The summed E-state index contributed by atoms with van der Waals surface area (Å²) in [5, 5.41) is 31.4. The van der Waals surface area contributed by atoms with E-state index in [0.717, 1.165) is 51.4 Å². The highest BCUT2D eigenvalue weighted by molar-refractivity contribution is 5.90. The molecule has 0 saturated carbocycles. The molecule has 0 aromatic rings. The van der Waals surface area contributed by atoms with E-state index in [1.54, 1.807) is 0 Å². The second-order valence-corrected chi connectivity index (χ2v) is 12.9. The van der Waals surface area contributed by atoms with Gasteiger partial charge in [-0.2, -0.15) is 0 Å². The van der Waals surface area contributed by atoms with E-state index in [-0.39, 0.29) is 30.1 Å². The summed E-state index contributed by atoms with van der Waals surface area (Å²) in [5.41, 5.74) is 0.651. The van der Waals surface area contributed by atoms with Gasteiger partial charge < -0.3 is 24.8 Å². The van der Waals surface area contributed by atoms with Crippen molar-refractivity contribution in [3.8, 4) is 0 Å². The maximum Gasteiger partial charge on any atom is 0.334 e. The minimum atomic E-state index is -0.541. The second-order valence-electron chi connectivity index (χ2n) is 12.9. The van der Waals surface area contributed by atoms with Gasteiger partial charge in [0.1, 0.15) is 11.9 Å². The molecule has 2 aliphatic heterocycles. The number of hydrogen-bond acceptors (Lipinski definition) is 7. The molecule has 2 rings (SSSR count). The van der Waals surface area contributed by atoms with Crippen molar-refractivity contribution in [1.82, 2.24) is 0 Å². The third-order valence-corrected chi connectivity index (χ3v) is 8.98. The molecule has 6 atom stereocenters. The predicted octanol–water partition coefficient (Wildman–Crippen LogP) is 7.27. The minimum absolute atomic E-state index is 0.164. The number of aliphatic hydroxyl groups is 3. The fraction of sp³-hybridized carbons (Fsp3) is 0.886. The molecule has 7 nitrogen and oxygen atoms in total. The molecule has 0 unspecified atom stereocenters. The number of Topliss-reactive ketones (excluding diaryl/α,β-unsaturated/α-hetero) is 1. The summed E-state index contributed by atoms with van der Waals surface area (Å²) in [6.07, 6.45) is 21.5. The van der Waals surface area contributed by atoms with Crippen molar-refractivity contribution in [1.29, 1.82) is 0 Å². The van der Waals surface area contributed by atoms with Crippen LogP contribution in [0.3, 0.4) is 0 Å². The number of rotatable bonds is 26. The average Bonchev–Trinajstić information content (AvgIpc) is 3.59. The van der Waals surface area contributed by atoms with Gasteiger partial charge >= 0.3 is 5.97 Å². The first-order valence-corrected chi connectivity index (χ1v) is 17.4. The summed E-state index contributed by atoms with van der Waals surface area (Å²) < 4.78 is 11.1. The predicted molar refractivity (Wildman–Crippen MR) is 167 cm³/mol. The standard InChI is InChI=1S/C35H62O7/c1-3-4-5-6-7-8-9-10-11-12-20-31(38)33-24-25-34(42-33)32(39)21-16-15-18-29(36)17-13-14-19-30(37)23-22-28-26-27(2)41-35(28)40/h26-27,30-34,37-39H,3-25H2,1-2H3/t27-,30+,31-,32-,33+,34+/m1/s1. The Labute approximate surface area is 255 Å². The van der Waals surface area contributed by atoms with E-state index in [1.165, 1.54) is 57.8 Å². The van der Waals surface area contributed by atoms with Crippen molar-refractivity contribution in [3.63, 3.8) is 0 Å². The van der Waals surface area contributed by atoms with Gasteiger partial charge in [0.2, 0.25) is 0 Å². The quantitative estimate of drug-likeness (QED) is 0.0713. The molecule has 0 bridgehead atoms. The molecule has 0 aromatic heterocycles. The molecule has 1 fully saturated rings. The van der Waals surface area contributed by atoms with Gasteiger partial charge in [-0.05, 0) is 70.8 Å². The Morgan fingerprint density at radius 1 is 0.762 bits per heavy atom. The molecule has 3 N–H and O–H groups in total. The molecule has 244 valence electrons. The molecule has 0 radical (unpaired) electrons. The maximum absolute atomic E-state index is 12.2. The number of esters is 1. The number of ether oxygens (including phenoxy) is 2. The molecule has 0 aliphatic carbocycles. The van der Waals surface area contributed by atoms with Gasteiger partial charge in [0, 0.05) is 18.4 Å². The van der Waals surface area contributed by atoms with Gasteiger partial charge in [0.15, 0.2) is 0 Å². The van der Waals surface area contributed by atoms with Crippen LogP contribution in [0.25, 0.3) is 0 Å². The zero-order valence-electron chi connectivity index (χ0n) is 26.8. The van der Waals surface area contributed by atoms with Gasteiger partial charge in [-0.1, -0.05) is 84.0 Å². The van der Waals surface area contributed by atoms with Crippen LogP contribution < -0.4 is 0 Å². The molecule has 7 heteroatoms. The van der Waals surface area contributed by atoms with Gasteiger partial charge in [-0.25, -0.2) is 4.79 Å². The highest BCUT2D eigenvalue weighted by Gasteiger charge is 2.34. The molecule has 2 aliphatic rings. The van der Waals surface area contributed by atoms with Gasteiger partial charge in [-0.15, -0.1) is 0 Å². The Balaban J connectivity index is 1.42. The average molecular weight is 595 g/mol. The first-order valence-electron chi connectivity index (χ1n) is 17.4. The van der Waals surface area contributed by atoms with Crippen molar-refractivity contribution in [3.05, 3.63) is 11.6 Å². The van der Waals surface area contributed by atoms with E-state index < -0.39 is 18.3 Å². The number of hydrogen-bond donors (Lipinski definition) is 3. The Kier molecular flexibility index (Phi) is 19.6. The van der Waals surface area contributed by atoms with Crippen LogP contribution in [0, 0.1) is 0 Å². The van der Waals surface area contributed by atoms with E-state index >= 15 is 0 Å². The number of carbonyl (C=O) groups is 2. The SMILES string of the molecule is CCCCCCCCCCCC[C@@H](O)[C@@H]1CC[C@@H]([C@H](O)CCCCC(=O)CCCC[C@H](O)CCC2=C[C@@H](C)OC2=O)O1. The van der Waals surface area contributed by atoms with Crippen molar-refractivity contribution >= 4 is 11.8 Å². The Bertz CT molecular complexity index is 766. The van der Waals surface area contributed by atoms with Crippen LogP contribution in [0.4, 0.5) is 0 Å². The Morgan fingerprint density at radius 3 is 1.79 bits per heavy atom. The second kappa shape index (κ2) is 22.3. The van der Waals surface area contributed by atoms with Crippen molar-refractivity contribution in [2.45, 2.75) is 198 Å². The van der Waals surface area contributed by atoms with E-state index in [9.17, 15) is 24.9 Å². The van der Waals surface area contributed by atoms with Crippen LogP contribution in [0.15, 0.2) is 11.6 Å². The van der Waals surface area contributed by atoms with Crippen LogP contribution in [-0.2, 0) is 19.1 Å². The summed E-state index contributed by atoms with van der Waals surface area (Å²) in [6, 6.07) is 0. The first kappa shape index (κ1) is 36.9. The van der Waals surface area contributed by atoms with Crippen LogP contribution in [0.1, 0.15) is 162 Å². The van der Waals surface area contributed by atoms with E-state index in [2.05, 4.69) is 6.92 Å². The van der Waals surface area contributed by atoms with Gasteiger partial charge in [-0.3, -0.25) is 4.79 Å². The summed E-state index contributed by atoms with van der Waals surface area (Å²) in [4.78, 5) is 23.9. The molecule has 42 heavy (non-hydrogen) atoms. The minimum Gasteiger partial charge on any atom is -0.455 e. The van der Waals surface area contributed by atoms with Crippen LogP contribution in [0.5, 0.6) is 0 Å². The normalized spacial score (nSPS) is 22.6. The van der Waals surface area contributed by atoms with E-state index in [0.29, 0.717) is 44.1 Å². The van der Waals surface area contributed by atoms with Crippen LogP contribution in [-0.4, -0.2) is 63.7 Å². The molecule has 1 saturated heterocycles. The highest BCUT2D eigenvalue weighted by Crippen LogP contribution is 2.28. The Hall–Kier alpha value is -1.28. The summed E-state index contributed by atoms with van der Waals surface area (Å²) in [7, 11) is 0. The van der Waals surface area contributed by atoms with Gasteiger partial charge in [0.05, 0.1) is 30.5 Å². The smallest absolute Gasteiger partial charge is 0.334 e. The lowest BCUT2D eigenvalue weighted by atomic mass is 9.99. The Morgan fingerprint density at radius 2 is 1.26 bits per heavy atom. The van der Waals surface area contributed by atoms with E-state index in [1.807, 2.05) is 13.0 Å². The number of aliphatic hydroxyl groups excluding tert-OH is 3. The molecular weight excluding hydrogens is 532 g/mol. The lowest BCUT2D eigenvalue weighted by Crippen LogP contribution is -2.31. The van der Waals surface area contributed by atoms with E-state index in [4.69, 9.17) is 9.47 Å². The molecule has 2 heterocycles. The largest absolute Gasteiger partial charge is 0.455 e. The number of ketones is 1. The molecule has 0 amide bonds. The lowest BCUT2D eigenvalue weighted by molar-refractivity contribution is -0.139. The first-order chi connectivity index (χ1) is 20.3. The van der Waals surface area contributed by atoms with Crippen LogP contribution in [0.2, 0.25) is 0 Å². The fourth-order valence-corrected chi connectivity index (χ4v) is 6.25. The zero-order valence-corrected chi connectivity index (χ0v) is 26.8. The topological polar surface area (TPSA) is 113 Å². The van der Waals surface area contributed by atoms with Crippen molar-refractivity contribution in [2.24, 2.45) is 0 Å². The molecule has 0 spiro atoms. The van der Waals surface area contributed by atoms with Crippen molar-refractivity contribution in [2.75, 3.05) is 0 Å².